The molecule has 4 heterocycles. The van der Waals surface area contributed by atoms with Crippen LogP contribution in [0.3, 0.4) is 0 Å². The first-order valence-electron chi connectivity index (χ1n) is 8.50. The van der Waals surface area contributed by atoms with E-state index in [-0.39, 0.29) is 5.75 Å². The minimum Gasteiger partial charge on any atom is -0.748 e. The summed E-state index contributed by atoms with van der Waals surface area (Å²) in [4.78, 5) is 7.94. The van der Waals surface area contributed by atoms with Crippen molar-refractivity contribution in [2.24, 2.45) is 0 Å². The van der Waals surface area contributed by atoms with Crippen molar-refractivity contribution in [2.75, 3.05) is 64.7 Å². The summed E-state index contributed by atoms with van der Waals surface area (Å²) in [6.07, 6.45) is 2.48. The number of unbranched alkanes of at least 4 members (excludes halogenated alkanes) is 1. The van der Waals surface area contributed by atoms with Crippen LogP contribution in [0.1, 0.15) is 12.8 Å². The van der Waals surface area contributed by atoms with Gasteiger partial charge in [-0.3, -0.25) is 9.80 Å². The fourth-order valence-electron chi connectivity index (χ4n) is 5.16. The molecule has 0 N–H and O–H groups in total. The first-order valence-corrected chi connectivity index (χ1v) is 10.1. The van der Waals surface area contributed by atoms with Gasteiger partial charge in [-0.2, -0.15) is 0 Å². The molecule has 4 aliphatic rings. The molecule has 4 rings (SSSR count). The van der Waals surface area contributed by atoms with Crippen LogP contribution in [0.5, 0.6) is 0 Å². The van der Waals surface area contributed by atoms with Crippen LogP contribution in [0, 0.1) is 0 Å². The quantitative estimate of drug-likeness (QED) is 0.356. The topological polar surface area (TPSA) is 66.9 Å². The summed E-state index contributed by atoms with van der Waals surface area (Å²) < 4.78 is 33.5. The molecule has 4 saturated heterocycles. The maximum absolute atomic E-state index is 10.8. The molecule has 0 radical (unpaired) electrons. The van der Waals surface area contributed by atoms with Crippen molar-refractivity contribution < 1.29 is 17.5 Å². The number of nitrogens with zero attached hydrogens (tertiary/aromatic N) is 4. The number of hydrogen-bond donors (Lipinski definition) is 0. The second-order valence-electron chi connectivity index (χ2n) is 7.29. The molecule has 22 heavy (non-hydrogen) atoms. The van der Waals surface area contributed by atoms with Crippen LogP contribution in [0.15, 0.2) is 0 Å². The van der Waals surface area contributed by atoms with Crippen LogP contribution in [-0.2, 0) is 10.1 Å². The number of quaternary nitrogens is 1. The highest BCUT2D eigenvalue weighted by molar-refractivity contribution is 7.85. The summed E-state index contributed by atoms with van der Waals surface area (Å²) >= 11 is 0. The van der Waals surface area contributed by atoms with Crippen LogP contribution in [0.2, 0.25) is 0 Å². The van der Waals surface area contributed by atoms with E-state index >= 15 is 0 Å². The Morgan fingerprint density at radius 2 is 1.50 bits per heavy atom. The first-order chi connectivity index (χ1) is 10.5. The summed E-state index contributed by atoms with van der Waals surface area (Å²) in [6, 6.07) is 0. The lowest BCUT2D eigenvalue weighted by Crippen LogP contribution is -2.73. The van der Waals surface area contributed by atoms with Crippen molar-refractivity contribution in [1.29, 1.82) is 0 Å². The van der Waals surface area contributed by atoms with E-state index in [2.05, 4.69) is 14.7 Å². The maximum atomic E-state index is 10.8. The summed E-state index contributed by atoms with van der Waals surface area (Å²) in [7, 11) is -4.06. The lowest BCUT2D eigenvalue weighted by Gasteiger charge is -2.54. The molecule has 0 aromatic heterocycles. The number of piperazine rings is 2. The van der Waals surface area contributed by atoms with Crippen molar-refractivity contribution in [3.8, 4) is 0 Å². The van der Waals surface area contributed by atoms with Gasteiger partial charge in [0.25, 0.3) is 0 Å². The maximum Gasteiger partial charge on any atom is 0.175 e. The van der Waals surface area contributed by atoms with Gasteiger partial charge >= 0.3 is 0 Å². The Labute approximate surface area is 132 Å². The highest BCUT2D eigenvalue weighted by Crippen LogP contribution is 2.39. The van der Waals surface area contributed by atoms with E-state index in [0.29, 0.717) is 18.8 Å². The summed E-state index contributed by atoms with van der Waals surface area (Å²) in [5.74, 6) is -0.205. The van der Waals surface area contributed by atoms with Crippen LogP contribution in [0.4, 0.5) is 0 Å². The van der Waals surface area contributed by atoms with Crippen molar-refractivity contribution in [3.63, 3.8) is 0 Å². The second kappa shape index (κ2) is 5.39. The normalized spacial score (nSPS) is 39.3. The summed E-state index contributed by atoms with van der Waals surface area (Å²) in [5, 5.41) is 0. The highest BCUT2D eigenvalue weighted by Gasteiger charge is 2.59. The lowest BCUT2D eigenvalue weighted by atomic mass is 10.1. The Balaban J connectivity index is 1.46. The molecular formula is C14H26N4O3S. The lowest BCUT2D eigenvalue weighted by molar-refractivity contribution is -0.954. The molecule has 0 spiro atoms. The average Bonchev–Trinajstić information content (AvgIpc) is 3.03. The molecule has 0 bridgehead atoms. The van der Waals surface area contributed by atoms with Crippen molar-refractivity contribution in [3.05, 3.63) is 0 Å². The minimum atomic E-state index is -4.06. The fraction of sp³-hybridized carbons (Fsp3) is 1.00. The highest BCUT2D eigenvalue weighted by atomic mass is 32.2. The van der Waals surface area contributed by atoms with E-state index in [4.69, 9.17) is 0 Å². The molecule has 0 aromatic carbocycles. The predicted molar refractivity (Wildman–Crippen MR) is 81.0 cm³/mol. The van der Waals surface area contributed by atoms with Gasteiger partial charge < -0.3 is 9.04 Å². The van der Waals surface area contributed by atoms with Crippen molar-refractivity contribution in [2.45, 2.75) is 25.2 Å². The Bertz CT molecular complexity index is 536. The molecule has 0 aromatic rings. The van der Waals surface area contributed by atoms with E-state index in [9.17, 15) is 13.0 Å². The monoisotopic (exact) mass is 330 g/mol. The third kappa shape index (κ3) is 2.50. The summed E-state index contributed by atoms with van der Waals surface area (Å²) in [5.41, 5.74) is 0. The van der Waals surface area contributed by atoms with Gasteiger partial charge in [0.05, 0.1) is 36.3 Å². The van der Waals surface area contributed by atoms with Crippen LogP contribution < -0.4 is 0 Å². The molecular weight excluding hydrogens is 304 g/mol. The average molecular weight is 330 g/mol. The van der Waals surface area contributed by atoms with Gasteiger partial charge in [0.1, 0.15) is 6.17 Å². The molecule has 4 aliphatic heterocycles. The number of rotatable bonds is 5. The Morgan fingerprint density at radius 3 is 2.18 bits per heavy atom. The number of hydrogen-bond acceptors (Lipinski definition) is 6. The standard InChI is InChI=1S/C14H26N4O3S/c19-22(20,21)12-2-1-9-18-10-7-16-4-3-15-5-6-17(8-11-18)14(18)13(15)16/h13-14H,1-12H2. The SMILES string of the molecule is O=S(=O)([O-])CCCC[N+]12CCN3CCN4CCN(CC1)C2C43. The zero-order valence-electron chi connectivity index (χ0n) is 13.1. The van der Waals surface area contributed by atoms with Gasteiger partial charge in [0.2, 0.25) is 0 Å². The van der Waals surface area contributed by atoms with E-state index < -0.39 is 10.1 Å². The summed E-state index contributed by atoms with van der Waals surface area (Å²) in [6.45, 7) is 10.5. The Kier molecular flexibility index (Phi) is 3.75. The molecule has 0 saturated carbocycles. The van der Waals surface area contributed by atoms with Gasteiger partial charge in [-0.25, -0.2) is 13.3 Å². The molecule has 0 aliphatic carbocycles. The van der Waals surface area contributed by atoms with E-state index in [1.165, 1.54) is 45.8 Å². The zero-order valence-corrected chi connectivity index (χ0v) is 13.9. The van der Waals surface area contributed by atoms with Gasteiger partial charge in [0, 0.05) is 38.5 Å². The molecule has 3 atom stereocenters. The molecule has 7 nitrogen and oxygen atoms in total. The molecule has 126 valence electrons. The molecule has 0 amide bonds. The van der Waals surface area contributed by atoms with Crippen molar-refractivity contribution >= 4 is 10.1 Å². The van der Waals surface area contributed by atoms with Gasteiger partial charge in [-0.15, -0.1) is 0 Å². The van der Waals surface area contributed by atoms with Gasteiger partial charge in [-0.1, -0.05) is 0 Å². The van der Waals surface area contributed by atoms with Crippen LogP contribution in [0.25, 0.3) is 0 Å². The zero-order chi connectivity index (χ0) is 15.4. The van der Waals surface area contributed by atoms with E-state index in [1.807, 2.05) is 0 Å². The Morgan fingerprint density at radius 1 is 0.909 bits per heavy atom. The predicted octanol–water partition coefficient (Wildman–Crippen LogP) is -1.26. The third-order valence-corrected chi connectivity index (χ3v) is 7.00. The molecule has 4 fully saturated rings. The van der Waals surface area contributed by atoms with Crippen LogP contribution in [-0.4, -0.2) is 109 Å². The van der Waals surface area contributed by atoms with Gasteiger partial charge in [-0.05, 0) is 12.8 Å². The van der Waals surface area contributed by atoms with E-state index in [0.717, 1.165) is 24.0 Å². The van der Waals surface area contributed by atoms with Crippen LogP contribution >= 0.6 is 0 Å². The third-order valence-electron chi connectivity index (χ3n) is 6.21. The fourth-order valence-corrected chi connectivity index (χ4v) is 5.72. The smallest absolute Gasteiger partial charge is 0.175 e. The second-order valence-corrected chi connectivity index (χ2v) is 8.82. The van der Waals surface area contributed by atoms with E-state index in [1.54, 1.807) is 0 Å². The van der Waals surface area contributed by atoms with Crippen molar-refractivity contribution in [1.82, 2.24) is 14.7 Å². The minimum absolute atomic E-state index is 0.205. The Hall–Kier alpha value is -0.250. The molecule has 3 unspecified atom stereocenters. The van der Waals surface area contributed by atoms with Gasteiger partial charge in [0.15, 0.2) is 6.17 Å². The first kappa shape index (κ1) is 15.3. The largest absolute Gasteiger partial charge is 0.748 e. The molecule has 8 heteroatoms.